The summed E-state index contributed by atoms with van der Waals surface area (Å²) in [6.07, 6.45) is 5.91. The molecule has 0 aliphatic rings. The summed E-state index contributed by atoms with van der Waals surface area (Å²) in [5.41, 5.74) is 3.81. The van der Waals surface area contributed by atoms with Gasteiger partial charge in [-0.2, -0.15) is 0 Å². The minimum absolute atomic E-state index is 0.0711. The third kappa shape index (κ3) is 5.26. The van der Waals surface area contributed by atoms with Crippen LogP contribution in [0.15, 0.2) is 42.6 Å². The molecule has 1 amide bonds. The van der Waals surface area contributed by atoms with Crippen LogP contribution in [0.2, 0.25) is 0 Å². The second kappa shape index (κ2) is 10.4. The van der Waals surface area contributed by atoms with Crippen LogP contribution in [-0.4, -0.2) is 31.9 Å². The van der Waals surface area contributed by atoms with Gasteiger partial charge in [0.05, 0.1) is 6.54 Å². The summed E-state index contributed by atoms with van der Waals surface area (Å²) in [5, 5.41) is 0. The molecule has 3 aromatic rings. The summed E-state index contributed by atoms with van der Waals surface area (Å²) in [6.45, 7) is 10.8. The summed E-state index contributed by atoms with van der Waals surface area (Å²) in [4.78, 5) is 24.7. The van der Waals surface area contributed by atoms with E-state index < -0.39 is 0 Å². The number of benzene rings is 1. The fraction of sp³-hybridized carbons (Fsp3) is 0.480. The Balaban J connectivity index is 1.89. The number of carbonyl (C=O) groups excluding carboxylic acids is 1. The summed E-state index contributed by atoms with van der Waals surface area (Å²) < 4.78 is 2.16. The zero-order valence-electron chi connectivity index (χ0n) is 18.8. The minimum atomic E-state index is 0.0711. The first-order chi connectivity index (χ1) is 14.5. The van der Waals surface area contributed by atoms with Crippen molar-refractivity contribution >= 4 is 17.1 Å². The Morgan fingerprint density at radius 1 is 1.10 bits per heavy atom. The fourth-order valence-corrected chi connectivity index (χ4v) is 3.71. The van der Waals surface area contributed by atoms with Gasteiger partial charge in [0.1, 0.15) is 11.3 Å². The number of hydrogen-bond donors (Lipinski definition) is 0. The van der Waals surface area contributed by atoms with Crippen LogP contribution < -0.4 is 0 Å². The van der Waals surface area contributed by atoms with Crippen molar-refractivity contribution in [3.8, 4) is 0 Å². The number of rotatable bonds is 10. The lowest BCUT2D eigenvalue weighted by atomic mass is 10.1. The van der Waals surface area contributed by atoms with Crippen molar-refractivity contribution in [2.45, 2.75) is 66.5 Å². The van der Waals surface area contributed by atoms with E-state index in [1.807, 2.05) is 29.2 Å². The Morgan fingerprint density at radius 2 is 1.87 bits per heavy atom. The van der Waals surface area contributed by atoms with Crippen molar-refractivity contribution in [1.82, 2.24) is 19.4 Å². The standard InChI is InChI=1S/C25H34N4O/c1-5-8-20-10-12-21(13-11-20)25(30)28(17-14-19(3)4)18-23-27-22-9-7-15-26-24(22)29(23)16-6-2/h7,9-13,15,19H,5-6,8,14,16-18H2,1-4H3. The molecule has 0 radical (unpaired) electrons. The average Bonchev–Trinajstić information content (AvgIpc) is 3.09. The van der Waals surface area contributed by atoms with Gasteiger partial charge in [-0.05, 0) is 55.0 Å². The van der Waals surface area contributed by atoms with Crippen LogP contribution in [-0.2, 0) is 19.5 Å². The Kier molecular flexibility index (Phi) is 7.61. The van der Waals surface area contributed by atoms with E-state index in [0.717, 1.165) is 61.3 Å². The first-order valence-corrected chi connectivity index (χ1v) is 11.2. The smallest absolute Gasteiger partial charge is 0.254 e. The van der Waals surface area contributed by atoms with Crippen LogP contribution in [0, 0.1) is 5.92 Å². The van der Waals surface area contributed by atoms with Gasteiger partial charge in [0.2, 0.25) is 0 Å². The summed E-state index contributed by atoms with van der Waals surface area (Å²) in [5.74, 6) is 1.51. The normalized spacial score (nSPS) is 11.4. The first-order valence-electron chi connectivity index (χ1n) is 11.2. The van der Waals surface area contributed by atoms with Crippen LogP contribution in [0.1, 0.15) is 68.7 Å². The van der Waals surface area contributed by atoms with E-state index in [-0.39, 0.29) is 5.91 Å². The Morgan fingerprint density at radius 3 is 2.53 bits per heavy atom. The van der Waals surface area contributed by atoms with Gasteiger partial charge in [0, 0.05) is 24.8 Å². The van der Waals surface area contributed by atoms with Crippen LogP contribution in [0.4, 0.5) is 0 Å². The number of aromatic nitrogens is 3. The third-order valence-electron chi connectivity index (χ3n) is 5.37. The van der Waals surface area contributed by atoms with Crippen molar-refractivity contribution < 1.29 is 4.79 Å². The van der Waals surface area contributed by atoms with E-state index in [9.17, 15) is 4.79 Å². The molecular formula is C25H34N4O. The maximum absolute atomic E-state index is 13.4. The number of carbonyl (C=O) groups is 1. The molecule has 0 N–H and O–H groups in total. The monoisotopic (exact) mass is 406 g/mol. The Labute approximate surface area is 180 Å². The van der Waals surface area contributed by atoms with Crippen molar-refractivity contribution in [2.24, 2.45) is 5.92 Å². The molecule has 3 rings (SSSR count). The minimum Gasteiger partial charge on any atom is -0.331 e. The van der Waals surface area contributed by atoms with Gasteiger partial charge >= 0.3 is 0 Å². The second-order valence-corrected chi connectivity index (χ2v) is 8.38. The highest BCUT2D eigenvalue weighted by atomic mass is 16.2. The average molecular weight is 407 g/mol. The molecule has 5 heteroatoms. The quantitative estimate of drug-likeness (QED) is 0.448. The van der Waals surface area contributed by atoms with Crippen LogP contribution in [0.25, 0.3) is 11.2 Å². The summed E-state index contributed by atoms with van der Waals surface area (Å²) in [7, 11) is 0. The first kappa shape index (κ1) is 22.0. The van der Waals surface area contributed by atoms with E-state index >= 15 is 0 Å². The molecule has 0 atom stereocenters. The largest absolute Gasteiger partial charge is 0.331 e. The predicted octanol–water partition coefficient (Wildman–Crippen LogP) is 5.48. The third-order valence-corrected chi connectivity index (χ3v) is 5.37. The maximum atomic E-state index is 13.4. The molecule has 0 bridgehead atoms. The lowest BCUT2D eigenvalue weighted by Gasteiger charge is -2.24. The molecule has 0 fully saturated rings. The van der Waals surface area contributed by atoms with Gasteiger partial charge in [0.25, 0.3) is 5.91 Å². The van der Waals surface area contributed by atoms with Gasteiger partial charge in [-0.15, -0.1) is 0 Å². The van der Waals surface area contributed by atoms with Crippen LogP contribution in [0.5, 0.6) is 0 Å². The molecular weight excluding hydrogens is 372 g/mol. The number of pyridine rings is 1. The van der Waals surface area contributed by atoms with Gasteiger partial charge < -0.3 is 9.47 Å². The highest BCUT2D eigenvalue weighted by molar-refractivity contribution is 5.94. The Hall–Kier alpha value is -2.69. The lowest BCUT2D eigenvalue weighted by molar-refractivity contribution is 0.0729. The van der Waals surface area contributed by atoms with Crippen LogP contribution >= 0.6 is 0 Å². The van der Waals surface area contributed by atoms with E-state index in [2.05, 4.69) is 49.4 Å². The number of hydrogen-bond acceptors (Lipinski definition) is 3. The molecule has 0 aliphatic carbocycles. The molecule has 5 nitrogen and oxygen atoms in total. The molecule has 0 saturated heterocycles. The van der Waals surface area contributed by atoms with Gasteiger partial charge in [-0.1, -0.05) is 46.2 Å². The maximum Gasteiger partial charge on any atom is 0.254 e. The zero-order valence-corrected chi connectivity index (χ0v) is 18.8. The second-order valence-electron chi connectivity index (χ2n) is 8.38. The predicted molar refractivity (Wildman–Crippen MR) is 122 cm³/mol. The highest BCUT2D eigenvalue weighted by Gasteiger charge is 2.20. The molecule has 1 aromatic carbocycles. The zero-order chi connectivity index (χ0) is 21.5. The van der Waals surface area contributed by atoms with Crippen molar-refractivity contribution in [3.63, 3.8) is 0 Å². The number of imidazole rings is 1. The number of nitrogens with zero attached hydrogens (tertiary/aromatic N) is 4. The van der Waals surface area contributed by atoms with Gasteiger partial charge in [0.15, 0.2) is 5.65 Å². The van der Waals surface area contributed by atoms with Crippen molar-refractivity contribution in [2.75, 3.05) is 6.54 Å². The summed E-state index contributed by atoms with van der Waals surface area (Å²) >= 11 is 0. The topological polar surface area (TPSA) is 51.0 Å². The van der Waals surface area contributed by atoms with Gasteiger partial charge in [-0.25, -0.2) is 9.97 Å². The molecule has 0 aliphatic heterocycles. The highest BCUT2D eigenvalue weighted by Crippen LogP contribution is 2.18. The molecule has 0 spiro atoms. The molecule has 2 heterocycles. The number of aryl methyl sites for hydroxylation is 2. The molecule has 30 heavy (non-hydrogen) atoms. The Bertz CT molecular complexity index is 959. The molecule has 160 valence electrons. The van der Waals surface area contributed by atoms with Crippen molar-refractivity contribution in [3.05, 3.63) is 59.5 Å². The van der Waals surface area contributed by atoms with Crippen LogP contribution in [0.3, 0.4) is 0 Å². The van der Waals surface area contributed by atoms with E-state index in [4.69, 9.17) is 4.98 Å². The van der Waals surface area contributed by atoms with E-state index in [1.165, 1.54) is 5.56 Å². The summed E-state index contributed by atoms with van der Waals surface area (Å²) in [6, 6.07) is 12.0. The molecule has 0 unspecified atom stereocenters. The number of fused-ring (bicyclic) bond motifs is 1. The van der Waals surface area contributed by atoms with Gasteiger partial charge in [-0.3, -0.25) is 4.79 Å². The lowest BCUT2D eigenvalue weighted by Crippen LogP contribution is -2.33. The molecule has 0 saturated carbocycles. The van der Waals surface area contributed by atoms with E-state index in [1.54, 1.807) is 6.20 Å². The molecule has 2 aromatic heterocycles. The number of amides is 1. The van der Waals surface area contributed by atoms with E-state index in [0.29, 0.717) is 12.5 Å². The van der Waals surface area contributed by atoms with Crippen molar-refractivity contribution in [1.29, 1.82) is 0 Å². The SMILES string of the molecule is CCCc1ccc(C(=O)N(CCC(C)C)Cc2nc3cccnc3n2CCC)cc1. The fourth-order valence-electron chi connectivity index (χ4n) is 3.71.